The molecule has 14 heavy (non-hydrogen) atoms. The van der Waals surface area contributed by atoms with Gasteiger partial charge in [-0.3, -0.25) is 4.90 Å². The summed E-state index contributed by atoms with van der Waals surface area (Å²) < 4.78 is 0. The van der Waals surface area contributed by atoms with Crippen LogP contribution in [0.25, 0.3) is 0 Å². The van der Waals surface area contributed by atoms with E-state index in [2.05, 4.69) is 16.7 Å². The SMILES string of the molecule is C1SC2C3CCC(C13)C1C3CCC3N21. The van der Waals surface area contributed by atoms with Crippen LogP contribution in [0.1, 0.15) is 25.7 Å². The first-order valence-corrected chi connectivity index (χ1v) is 7.39. The first-order chi connectivity index (χ1) is 6.95. The Balaban J connectivity index is 1.63. The number of rotatable bonds is 0. The van der Waals surface area contributed by atoms with Crippen LogP contribution in [-0.4, -0.2) is 28.1 Å². The Morgan fingerprint density at radius 1 is 0.857 bits per heavy atom. The molecule has 0 aromatic carbocycles. The molecule has 2 aliphatic carbocycles. The maximum Gasteiger partial charge on any atom is 0.0594 e. The highest BCUT2D eigenvalue weighted by Gasteiger charge is 2.67. The molecule has 76 valence electrons. The van der Waals surface area contributed by atoms with Crippen molar-refractivity contribution >= 4 is 11.8 Å². The summed E-state index contributed by atoms with van der Waals surface area (Å²) in [6, 6.07) is 2.12. The van der Waals surface area contributed by atoms with E-state index in [9.17, 15) is 0 Å². The molecule has 3 aliphatic heterocycles. The second-order valence-electron chi connectivity index (χ2n) is 6.04. The summed E-state index contributed by atoms with van der Waals surface area (Å²) >= 11 is 2.30. The van der Waals surface area contributed by atoms with Crippen molar-refractivity contribution in [3.63, 3.8) is 0 Å². The van der Waals surface area contributed by atoms with Crippen molar-refractivity contribution in [1.29, 1.82) is 0 Å². The van der Waals surface area contributed by atoms with Crippen molar-refractivity contribution in [2.24, 2.45) is 23.7 Å². The minimum absolute atomic E-state index is 0.977. The topological polar surface area (TPSA) is 3.24 Å². The normalized spacial score (nSPS) is 68.1. The fourth-order valence-corrected chi connectivity index (χ4v) is 7.28. The number of hydrogen-bond acceptors (Lipinski definition) is 2. The van der Waals surface area contributed by atoms with Gasteiger partial charge in [0.15, 0.2) is 0 Å². The fraction of sp³-hybridized carbons (Fsp3) is 1.00. The molecule has 1 nitrogen and oxygen atoms in total. The zero-order valence-electron chi connectivity index (χ0n) is 8.43. The van der Waals surface area contributed by atoms with Crippen LogP contribution < -0.4 is 0 Å². The lowest BCUT2D eigenvalue weighted by atomic mass is 9.58. The highest BCUT2D eigenvalue weighted by atomic mass is 32.2. The van der Waals surface area contributed by atoms with Crippen molar-refractivity contribution in [2.75, 3.05) is 5.75 Å². The Labute approximate surface area is 89.6 Å². The van der Waals surface area contributed by atoms with Gasteiger partial charge in [0.25, 0.3) is 0 Å². The molecule has 3 heterocycles. The lowest BCUT2D eigenvalue weighted by molar-refractivity contribution is -0.178. The van der Waals surface area contributed by atoms with Gasteiger partial charge >= 0.3 is 0 Å². The van der Waals surface area contributed by atoms with E-state index >= 15 is 0 Å². The molecule has 0 aromatic heterocycles. The lowest BCUT2D eigenvalue weighted by Gasteiger charge is -2.67. The van der Waals surface area contributed by atoms with Gasteiger partial charge in [-0.2, -0.15) is 0 Å². The zero-order chi connectivity index (χ0) is 8.86. The molecule has 5 rings (SSSR count). The minimum atomic E-state index is 0.977. The van der Waals surface area contributed by atoms with Crippen LogP contribution in [0.15, 0.2) is 0 Å². The molecule has 0 aromatic rings. The van der Waals surface area contributed by atoms with Crippen LogP contribution >= 0.6 is 11.8 Å². The summed E-state index contributed by atoms with van der Waals surface area (Å²) in [6.07, 6.45) is 6.25. The molecule has 3 saturated heterocycles. The number of thioether (sulfide) groups is 1. The van der Waals surface area contributed by atoms with E-state index in [1.807, 2.05) is 0 Å². The Bertz CT molecular complexity index is 275. The quantitative estimate of drug-likeness (QED) is 0.599. The van der Waals surface area contributed by atoms with Gasteiger partial charge < -0.3 is 0 Å². The lowest BCUT2D eigenvalue weighted by Crippen LogP contribution is -2.75. The van der Waals surface area contributed by atoms with Gasteiger partial charge in [-0.05, 0) is 55.1 Å². The molecule has 0 N–H and O–H groups in total. The van der Waals surface area contributed by atoms with Crippen molar-refractivity contribution in [2.45, 2.75) is 43.1 Å². The number of hydrogen-bond donors (Lipinski definition) is 0. The van der Waals surface area contributed by atoms with Gasteiger partial charge in [-0.1, -0.05) is 0 Å². The van der Waals surface area contributed by atoms with E-state index in [1.54, 1.807) is 19.3 Å². The van der Waals surface area contributed by atoms with Gasteiger partial charge in [-0.15, -0.1) is 11.8 Å². The Hall–Kier alpha value is 0.310. The molecule has 0 radical (unpaired) electrons. The van der Waals surface area contributed by atoms with Crippen LogP contribution in [-0.2, 0) is 0 Å². The van der Waals surface area contributed by atoms with Gasteiger partial charge in [0.1, 0.15) is 0 Å². The molecule has 7 unspecified atom stereocenters. The van der Waals surface area contributed by atoms with Crippen LogP contribution in [0.2, 0.25) is 0 Å². The average molecular weight is 207 g/mol. The van der Waals surface area contributed by atoms with E-state index in [1.165, 1.54) is 12.2 Å². The molecule has 5 aliphatic rings. The van der Waals surface area contributed by atoms with E-state index in [-0.39, 0.29) is 0 Å². The first kappa shape index (κ1) is 7.56. The van der Waals surface area contributed by atoms with E-state index in [0.29, 0.717) is 0 Å². The van der Waals surface area contributed by atoms with E-state index in [4.69, 9.17) is 0 Å². The predicted octanol–water partition coefficient (Wildman–Crippen LogP) is 2.18. The average Bonchev–Trinajstić information content (AvgIpc) is 2.63. The van der Waals surface area contributed by atoms with Gasteiger partial charge in [0.2, 0.25) is 0 Å². The van der Waals surface area contributed by atoms with Crippen molar-refractivity contribution < 1.29 is 0 Å². The van der Waals surface area contributed by atoms with E-state index in [0.717, 1.165) is 41.1 Å². The molecular weight excluding hydrogens is 190 g/mol. The monoisotopic (exact) mass is 207 g/mol. The van der Waals surface area contributed by atoms with Crippen LogP contribution in [0, 0.1) is 23.7 Å². The molecule has 7 atom stereocenters. The summed E-state index contributed by atoms with van der Waals surface area (Å²) in [5.74, 6) is 6.05. The largest absolute Gasteiger partial charge is 0.284 e. The summed E-state index contributed by atoms with van der Waals surface area (Å²) in [6.45, 7) is 0. The molecule has 0 spiro atoms. The summed E-state index contributed by atoms with van der Waals surface area (Å²) in [7, 11) is 0. The third kappa shape index (κ3) is 0.598. The van der Waals surface area contributed by atoms with Crippen molar-refractivity contribution in [3.8, 4) is 0 Å². The predicted molar refractivity (Wildman–Crippen MR) is 58.1 cm³/mol. The van der Waals surface area contributed by atoms with Gasteiger partial charge in [-0.25, -0.2) is 0 Å². The highest BCUT2D eigenvalue weighted by Crippen LogP contribution is 2.66. The zero-order valence-corrected chi connectivity index (χ0v) is 9.25. The van der Waals surface area contributed by atoms with Crippen LogP contribution in [0.4, 0.5) is 0 Å². The van der Waals surface area contributed by atoms with Crippen molar-refractivity contribution in [1.82, 2.24) is 4.90 Å². The fourth-order valence-electron chi connectivity index (χ4n) is 5.31. The second kappa shape index (κ2) is 2.20. The molecule has 0 amide bonds. The molecule has 2 saturated carbocycles. The number of fused-ring (bicyclic) bond motifs is 6. The van der Waals surface area contributed by atoms with Gasteiger partial charge in [0.05, 0.1) is 5.37 Å². The van der Waals surface area contributed by atoms with E-state index < -0.39 is 0 Å². The number of piperidine rings is 2. The smallest absolute Gasteiger partial charge is 0.0594 e. The third-order valence-corrected chi connectivity index (χ3v) is 7.46. The Morgan fingerprint density at radius 2 is 1.71 bits per heavy atom. The molecule has 5 fully saturated rings. The second-order valence-corrected chi connectivity index (χ2v) is 7.19. The van der Waals surface area contributed by atoms with Crippen LogP contribution in [0.5, 0.6) is 0 Å². The minimum Gasteiger partial charge on any atom is -0.284 e. The standard InChI is InChI=1S/C12H17NS/c1-2-7-9-5-14-12(7)13-10-4-3-8(10)11(13)6(1)9/h6-12H,1-5H2. The third-order valence-electron chi connectivity index (χ3n) is 5.95. The summed E-state index contributed by atoms with van der Waals surface area (Å²) in [5.41, 5.74) is 0. The maximum absolute atomic E-state index is 2.96. The Morgan fingerprint density at radius 3 is 2.57 bits per heavy atom. The Kier molecular flexibility index (Phi) is 1.19. The summed E-state index contributed by atoms with van der Waals surface area (Å²) in [5, 5.41) is 0.977. The highest BCUT2D eigenvalue weighted by molar-refractivity contribution is 8.00. The molecule has 2 heteroatoms. The van der Waals surface area contributed by atoms with Crippen molar-refractivity contribution in [3.05, 3.63) is 0 Å². The molecule has 4 bridgehead atoms. The van der Waals surface area contributed by atoms with Crippen LogP contribution in [0.3, 0.4) is 0 Å². The molecular formula is C12H17NS. The number of nitrogens with zero attached hydrogens (tertiary/aromatic N) is 1. The van der Waals surface area contributed by atoms with Gasteiger partial charge in [0, 0.05) is 12.1 Å². The summed E-state index contributed by atoms with van der Waals surface area (Å²) in [4.78, 5) is 2.96. The maximum atomic E-state index is 2.96. The first-order valence-electron chi connectivity index (χ1n) is 6.34.